The van der Waals surface area contributed by atoms with Gasteiger partial charge in [-0.1, -0.05) is 71.7 Å². The van der Waals surface area contributed by atoms with Gasteiger partial charge in [0, 0.05) is 86.2 Å². The van der Waals surface area contributed by atoms with E-state index >= 15 is 0 Å². The fourth-order valence-corrected chi connectivity index (χ4v) is 10.1. The number of morpholine rings is 1. The lowest BCUT2D eigenvalue weighted by Crippen LogP contribution is -2.46. The maximum atomic E-state index is 13.8. The molecule has 0 amide bonds. The zero-order chi connectivity index (χ0) is 43.1. The van der Waals surface area contributed by atoms with E-state index in [1.807, 2.05) is 78.9 Å². The van der Waals surface area contributed by atoms with Crippen LogP contribution in [0.25, 0.3) is 22.0 Å². The molecule has 2 fully saturated rings. The largest absolute Gasteiger partial charge is 0.379 e. The third kappa shape index (κ3) is 10.8. The van der Waals surface area contributed by atoms with Crippen molar-refractivity contribution >= 4 is 78.8 Å². The quantitative estimate of drug-likeness (QED) is 0.0543. The van der Waals surface area contributed by atoms with Gasteiger partial charge in [-0.05, 0) is 77.7 Å². The minimum Gasteiger partial charge on any atom is -0.379 e. The molecule has 0 aliphatic carbocycles. The summed E-state index contributed by atoms with van der Waals surface area (Å²) in [6, 6.07) is 33.5. The standard InChI is InChI=1S/C45H46Cl2N8O5S2/c46-40-14-10-32(26-41(40)47)38-9-5-4-6-33(38)29-53-18-20-54(21-19-53)35-11-13-39-43(27-35)48-31-49-45(39)51-62(58,59)37-12-15-42(44(28-37)55(56)57)50-34(16-17-52-22-24-60-25-23-52)30-61-36-7-2-1-3-8-36/h1-15,26-28,31,34,50H,16-25,29-30H2,(H,48,49,51)/t34-/m1/s1. The predicted molar refractivity (Wildman–Crippen MR) is 249 cm³/mol. The Labute approximate surface area is 375 Å². The molecule has 8 rings (SSSR count). The van der Waals surface area contributed by atoms with Gasteiger partial charge in [0.05, 0.1) is 38.6 Å². The van der Waals surface area contributed by atoms with Gasteiger partial charge in [-0.2, -0.15) is 0 Å². The molecule has 1 atom stereocenters. The van der Waals surface area contributed by atoms with Crippen LogP contribution in [-0.2, 0) is 21.3 Å². The highest BCUT2D eigenvalue weighted by Gasteiger charge is 2.26. The molecule has 2 N–H and O–H groups in total. The minimum atomic E-state index is -4.29. The molecule has 5 aromatic carbocycles. The van der Waals surface area contributed by atoms with Crippen molar-refractivity contribution in [1.82, 2.24) is 19.8 Å². The summed E-state index contributed by atoms with van der Waals surface area (Å²) >= 11 is 14.2. The second-order valence-corrected chi connectivity index (χ2v) is 18.8. The summed E-state index contributed by atoms with van der Waals surface area (Å²) in [6.07, 6.45) is 2.04. The fourth-order valence-electron chi connectivity index (χ4n) is 7.76. The van der Waals surface area contributed by atoms with Crippen molar-refractivity contribution in [1.29, 1.82) is 0 Å². The molecule has 0 spiro atoms. The van der Waals surface area contributed by atoms with Crippen LogP contribution < -0.4 is 14.9 Å². The van der Waals surface area contributed by atoms with Gasteiger partial charge in [-0.15, -0.1) is 11.8 Å². The highest BCUT2D eigenvalue weighted by atomic mass is 35.5. The minimum absolute atomic E-state index is 0.0815. The van der Waals surface area contributed by atoms with E-state index < -0.39 is 14.9 Å². The topological polar surface area (TPSA) is 146 Å². The highest BCUT2D eigenvalue weighted by Crippen LogP contribution is 2.34. The van der Waals surface area contributed by atoms with E-state index in [4.69, 9.17) is 27.9 Å². The summed E-state index contributed by atoms with van der Waals surface area (Å²) in [5.41, 5.74) is 4.80. The highest BCUT2D eigenvalue weighted by molar-refractivity contribution is 7.99. The number of rotatable bonds is 16. The van der Waals surface area contributed by atoms with Gasteiger partial charge in [0.2, 0.25) is 0 Å². The van der Waals surface area contributed by atoms with E-state index in [2.05, 4.69) is 46.8 Å². The number of sulfonamides is 1. The molecule has 322 valence electrons. The van der Waals surface area contributed by atoms with Gasteiger partial charge >= 0.3 is 0 Å². The first kappa shape index (κ1) is 43.6. The molecule has 2 aliphatic rings. The van der Waals surface area contributed by atoms with Crippen LogP contribution in [0.15, 0.2) is 125 Å². The summed E-state index contributed by atoms with van der Waals surface area (Å²) in [7, 11) is -4.29. The van der Waals surface area contributed by atoms with Gasteiger partial charge in [-0.25, -0.2) is 18.4 Å². The summed E-state index contributed by atoms with van der Waals surface area (Å²) in [6.45, 7) is 7.85. The fraction of sp³-hybridized carbons (Fsp3) is 0.289. The average Bonchev–Trinajstić information content (AvgIpc) is 3.29. The number of nitro groups is 1. The van der Waals surface area contributed by atoms with Crippen molar-refractivity contribution < 1.29 is 18.1 Å². The lowest BCUT2D eigenvalue weighted by molar-refractivity contribution is -0.384. The van der Waals surface area contributed by atoms with Gasteiger partial charge in [0.15, 0.2) is 5.82 Å². The number of piperazine rings is 1. The molecule has 17 heteroatoms. The normalized spacial score (nSPS) is 15.7. The lowest BCUT2D eigenvalue weighted by Gasteiger charge is -2.36. The second kappa shape index (κ2) is 20.0. The number of halogens is 2. The first-order chi connectivity index (χ1) is 30.1. The molecule has 13 nitrogen and oxygen atoms in total. The Morgan fingerprint density at radius 1 is 0.823 bits per heavy atom. The molecule has 62 heavy (non-hydrogen) atoms. The SMILES string of the molecule is O=[N+]([O-])c1cc(S(=O)(=O)Nc2ncnc3cc(N4CCN(Cc5ccccc5-c5ccc(Cl)c(Cl)c5)CC4)ccc23)ccc1N[C@H](CCN1CCOCC1)CSc1ccccc1. The molecule has 0 bridgehead atoms. The molecule has 3 heterocycles. The lowest BCUT2D eigenvalue weighted by atomic mass is 9.99. The van der Waals surface area contributed by atoms with Crippen LogP contribution in [0.2, 0.25) is 10.0 Å². The molecule has 0 saturated carbocycles. The van der Waals surface area contributed by atoms with Gasteiger partial charge in [0.1, 0.15) is 12.0 Å². The van der Waals surface area contributed by atoms with E-state index in [1.165, 1.54) is 24.0 Å². The number of nitrogens with one attached hydrogen (secondary N) is 2. The van der Waals surface area contributed by atoms with Gasteiger partial charge in [-0.3, -0.25) is 24.6 Å². The Kier molecular flexibility index (Phi) is 14.1. The van der Waals surface area contributed by atoms with E-state index in [1.54, 1.807) is 11.8 Å². The number of benzene rings is 5. The molecular formula is C45H46Cl2N8O5S2. The maximum Gasteiger partial charge on any atom is 0.293 e. The van der Waals surface area contributed by atoms with Gasteiger partial charge in [0.25, 0.3) is 15.7 Å². The van der Waals surface area contributed by atoms with Crippen LogP contribution in [0.5, 0.6) is 0 Å². The molecule has 2 saturated heterocycles. The molecule has 6 aromatic rings. The van der Waals surface area contributed by atoms with Crippen LogP contribution in [0.3, 0.4) is 0 Å². The number of hydrogen-bond donors (Lipinski definition) is 2. The first-order valence-electron chi connectivity index (χ1n) is 20.4. The number of anilines is 3. The Morgan fingerprint density at radius 2 is 1.60 bits per heavy atom. The molecular weight excluding hydrogens is 868 g/mol. The van der Waals surface area contributed by atoms with Crippen LogP contribution in [0.1, 0.15) is 12.0 Å². The van der Waals surface area contributed by atoms with E-state index in [0.29, 0.717) is 39.9 Å². The third-order valence-electron chi connectivity index (χ3n) is 11.2. The molecule has 0 radical (unpaired) electrons. The molecule has 0 unspecified atom stereocenters. The molecule has 2 aliphatic heterocycles. The number of ether oxygens (including phenoxy) is 1. The smallest absolute Gasteiger partial charge is 0.293 e. The number of fused-ring (bicyclic) bond motifs is 1. The third-order valence-corrected chi connectivity index (χ3v) is 14.4. The van der Waals surface area contributed by atoms with E-state index in [0.717, 1.165) is 86.6 Å². The van der Waals surface area contributed by atoms with Crippen molar-refractivity contribution in [2.45, 2.75) is 28.8 Å². The van der Waals surface area contributed by atoms with Crippen LogP contribution in [-0.4, -0.2) is 104 Å². The van der Waals surface area contributed by atoms with Crippen molar-refractivity contribution in [3.8, 4) is 11.1 Å². The average molecular weight is 914 g/mol. The Bertz CT molecular complexity index is 2630. The Balaban J connectivity index is 0.934. The second-order valence-electron chi connectivity index (χ2n) is 15.2. The Hall–Kier alpha value is -5.00. The van der Waals surface area contributed by atoms with Crippen LogP contribution in [0.4, 0.5) is 22.9 Å². The number of hydrogen-bond acceptors (Lipinski definition) is 12. The van der Waals surface area contributed by atoms with Crippen molar-refractivity contribution in [3.63, 3.8) is 0 Å². The number of thioether (sulfide) groups is 1. The summed E-state index contributed by atoms with van der Waals surface area (Å²) < 4.78 is 35.8. The molecule has 1 aromatic heterocycles. The summed E-state index contributed by atoms with van der Waals surface area (Å²) in [4.78, 5) is 28.5. The van der Waals surface area contributed by atoms with Crippen LogP contribution in [0, 0.1) is 10.1 Å². The van der Waals surface area contributed by atoms with Crippen molar-refractivity contribution in [2.24, 2.45) is 0 Å². The van der Waals surface area contributed by atoms with Crippen molar-refractivity contribution in [2.75, 3.05) is 79.7 Å². The zero-order valence-corrected chi connectivity index (χ0v) is 37.0. The Morgan fingerprint density at radius 3 is 2.37 bits per heavy atom. The summed E-state index contributed by atoms with van der Waals surface area (Å²) in [5.74, 6) is 0.737. The van der Waals surface area contributed by atoms with Gasteiger partial charge < -0.3 is 15.0 Å². The summed E-state index contributed by atoms with van der Waals surface area (Å²) in [5, 5.41) is 17.4. The van der Waals surface area contributed by atoms with E-state index in [-0.39, 0.29) is 28.1 Å². The monoisotopic (exact) mass is 912 g/mol. The number of nitro benzene ring substituents is 1. The predicted octanol–water partition coefficient (Wildman–Crippen LogP) is 8.93. The van der Waals surface area contributed by atoms with E-state index in [9.17, 15) is 18.5 Å². The first-order valence-corrected chi connectivity index (χ1v) is 23.6. The maximum absolute atomic E-state index is 13.8. The van der Waals surface area contributed by atoms with Crippen LogP contribution >= 0.6 is 35.0 Å². The number of aromatic nitrogens is 2. The zero-order valence-electron chi connectivity index (χ0n) is 33.8. The number of nitrogens with zero attached hydrogens (tertiary/aromatic N) is 6. The van der Waals surface area contributed by atoms with Crippen molar-refractivity contribution in [3.05, 3.63) is 141 Å².